The van der Waals surface area contributed by atoms with Crippen LogP contribution >= 0.6 is 0 Å². The maximum atomic E-state index is 11.9. The van der Waals surface area contributed by atoms with E-state index in [-0.39, 0.29) is 16.7 Å². The number of nitrogens with two attached hydrogens (primary N) is 1. The van der Waals surface area contributed by atoms with Crippen molar-refractivity contribution in [1.29, 1.82) is 0 Å². The molecule has 0 aliphatic heterocycles. The Kier molecular flexibility index (Phi) is 4.46. The van der Waals surface area contributed by atoms with Crippen LogP contribution in [0.3, 0.4) is 0 Å². The minimum Gasteiger partial charge on any atom is -0.383 e. The Balaban J connectivity index is 1.68. The second-order valence-electron chi connectivity index (χ2n) is 7.05. The molecule has 8 nitrogen and oxygen atoms in total. The summed E-state index contributed by atoms with van der Waals surface area (Å²) in [5.41, 5.74) is 10.9. The fraction of sp³-hybridized carbons (Fsp3) is 0.150. The number of hydrogen-bond acceptors (Lipinski definition) is 7. The van der Waals surface area contributed by atoms with Gasteiger partial charge >= 0.3 is 0 Å². The van der Waals surface area contributed by atoms with Crippen LogP contribution in [-0.4, -0.2) is 34.8 Å². The van der Waals surface area contributed by atoms with Gasteiger partial charge in [-0.2, -0.15) is 10.1 Å². The molecule has 2 aromatic carbocycles. The zero-order chi connectivity index (χ0) is 20.8. The normalized spacial score (nSPS) is 11.7. The molecule has 0 aliphatic carbocycles. The van der Waals surface area contributed by atoms with Gasteiger partial charge in [-0.25, -0.2) is 13.4 Å². The predicted octanol–water partition coefficient (Wildman–Crippen LogP) is 3.37. The van der Waals surface area contributed by atoms with Gasteiger partial charge in [0.25, 0.3) is 0 Å². The van der Waals surface area contributed by atoms with Crippen LogP contribution in [0.4, 0.5) is 17.5 Å². The van der Waals surface area contributed by atoms with Crippen molar-refractivity contribution >= 4 is 38.2 Å². The molecule has 0 spiro atoms. The number of hydrogen-bond donors (Lipinski definition) is 3. The molecule has 0 amide bonds. The van der Waals surface area contributed by atoms with Crippen molar-refractivity contribution in [2.45, 2.75) is 18.7 Å². The summed E-state index contributed by atoms with van der Waals surface area (Å²) in [6, 6.07) is 11.0. The number of aryl methyl sites for hydroxylation is 2. The molecule has 29 heavy (non-hydrogen) atoms. The lowest BCUT2D eigenvalue weighted by molar-refractivity contribution is 0.602. The van der Waals surface area contributed by atoms with E-state index in [9.17, 15) is 8.42 Å². The van der Waals surface area contributed by atoms with Crippen LogP contribution < -0.4 is 11.1 Å². The van der Waals surface area contributed by atoms with Crippen molar-refractivity contribution < 1.29 is 8.42 Å². The van der Waals surface area contributed by atoms with Crippen molar-refractivity contribution in [1.82, 2.24) is 20.2 Å². The highest BCUT2D eigenvalue weighted by Gasteiger charge is 2.14. The number of aromatic nitrogens is 4. The number of nitrogen functional groups attached to an aromatic ring is 1. The first-order valence-electron chi connectivity index (χ1n) is 8.87. The largest absolute Gasteiger partial charge is 0.383 e. The molecule has 148 valence electrons. The van der Waals surface area contributed by atoms with Gasteiger partial charge in [0.2, 0.25) is 5.95 Å². The number of sulfone groups is 1. The first-order chi connectivity index (χ1) is 13.7. The third-order valence-corrected chi connectivity index (χ3v) is 5.62. The zero-order valence-electron chi connectivity index (χ0n) is 16.2. The summed E-state index contributed by atoms with van der Waals surface area (Å²) in [7, 11) is -3.33. The minimum atomic E-state index is -3.33. The van der Waals surface area contributed by atoms with Crippen LogP contribution in [0.5, 0.6) is 0 Å². The van der Waals surface area contributed by atoms with E-state index in [1.807, 2.05) is 38.1 Å². The van der Waals surface area contributed by atoms with E-state index in [0.717, 1.165) is 22.0 Å². The third kappa shape index (κ3) is 3.77. The molecule has 0 saturated carbocycles. The van der Waals surface area contributed by atoms with Gasteiger partial charge in [-0.05, 0) is 49.2 Å². The molecule has 0 unspecified atom stereocenters. The Labute approximate surface area is 168 Å². The van der Waals surface area contributed by atoms with E-state index in [4.69, 9.17) is 5.73 Å². The Morgan fingerprint density at radius 3 is 2.59 bits per heavy atom. The monoisotopic (exact) mass is 408 g/mol. The number of rotatable bonds is 4. The topological polar surface area (TPSA) is 127 Å². The van der Waals surface area contributed by atoms with E-state index in [1.165, 1.54) is 6.26 Å². The minimum absolute atomic E-state index is 0.225. The van der Waals surface area contributed by atoms with Gasteiger partial charge in [0.1, 0.15) is 11.5 Å². The van der Waals surface area contributed by atoms with Gasteiger partial charge in [0.05, 0.1) is 16.0 Å². The number of H-pyrrole nitrogens is 1. The van der Waals surface area contributed by atoms with Gasteiger partial charge in [-0.3, -0.25) is 5.10 Å². The van der Waals surface area contributed by atoms with E-state index in [1.54, 1.807) is 18.3 Å². The van der Waals surface area contributed by atoms with Crippen molar-refractivity contribution in [2.75, 3.05) is 17.3 Å². The molecule has 0 aliphatic rings. The molecule has 0 radical (unpaired) electrons. The molecule has 4 N–H and O–H groups in total. The third-order valence-electron chi connectivity index (χ3n) is 4.53. The van der Waals surface area contributed by atoms with Crippen LogP contribution in [0.2, 0.25) is 0 Å². The lowest BCUT2D eigenvalue weighted by atomic mass is 10.1. The second-order valence-corrected chi connectivity index (χ2v) is 9.06. The quantitative estimate of drug-likeness (QED) is 0.472. The molecule has 2 heterocycles. The lowest BCUT2D eigenvalue weighted by Crippen LogP contribution is -2.04. The summed E-state index contributed by atoms with van der Waals surface area (Å²) in [6.45, 7) is 3.83. The lowest BCUT2D eigenvalue weighted by Gasteiger charge is -2.10. The van der Waals surface area contributed by atoms with Gasteiger partial charge in [-0.15, -0.1) is 0 Å². The Morgan fingerprint density at radius 2 is 1.86 bits per heavy atom. The SMILES string of the molecule is Cc1cc(Nc2ncc(-c3n[nH]c4cc(C)ccc34)c(N)n2)cc(S(C)(=O)=O)c1. The van der Waals surface area contributed by atoms with Crippen LogP contribution in [0, 0.1) is 13.8 Å². The van der Waals surface area contributed by atoms with E-state index in [0.29, 0.717) is 16.9 Å². The number of nitrogens with zero attached hydrogens (tertiary/aromatic N) is 3. The second kappa shape index (κ2) is 6.85. The van der Waals surface area contributed by atoms with Gasteiger partial charge < -0.3 is 11.1 Å². The van der Waals surface area contributed by atoms with Crippen LogP contribution in [0.1, 0.15) is 11.1 Å². The first-order valence-corrected chi connectivity index (χ1v) is 10.8. The Morgan fingerprint density at radius 1 is 1.07 bits per heavy atom. The molecular weight excluding hydrogens is 388 g/mol. The number of anilines is 3. The molecule has 2 aromatic heterocycles. The highest BCUT2D eigenvalue weighted by molar-refractivity contribution is 7.90. The van der Waals surface area contributed by atoms with Gasteiger partial charge in [0, 0.05) is 23.5 Å². The molecule has 0 fully saturated rings. The zero-order valence-corrected chi connectivity index (χ0v) is 17.0. The van der Waals surface area contributed by atoms with Gasteiger partial charge in [-0.1, -0.05) is 12.1 Å². The van der Waals surface area contributed by atoms with E-state index in [2.05, 4.69) is 25.5 Å². The molecular formula is C20H20N6O2S. The summed E-state index contributed by atoms with van der Waals surface area (Å²) in [6.07, 6.45) is 2.78. The molecule has 4 rings (SSSR count). The number of benzene rings is 2. The maximum Gasteiger partial charge on any atom is 0.229 e. The average Bonchev–Trinajstić information content (AvgIpc) is 3.03. The Bertz CT molecular complexity index is 1340. The first kappa shape index (κ1) is 18.9. The summed E-state index contributed by atoms with van der Waals surface area (Å²) >= 11 is 0. The summed E-state index contributed by atoms with van der Waals surface area (Å²) in [5.74, 6) is 0.541. The molecule has 0 atom stereocenters. The predicted molar refractivity (Wildman–Crippen MR) is 114 cm³/mol. The van der Waals surface area contributed by atoms with Crippen LogP contribution in [0.15, 0.2) is 47.5 Å². The summed E-state index contributed by atoms with van der Waals surface area (Å²) in [5, 5.41) is 11.3. The highest BCUT2D eigenvalue weighted by atomic mass is 32.2. The van der Waals surface area contributed by atoms with Crippen molar-refractivity contribution in [3.63, 3.8) is 0 Å². The maximum absolute atomic E-state index is 11.9. The molecule has 0 bridgehead atoms. The summed E-state index contributed by atoms with van der Waals surface area (Å²) < 4.78 is 23.7. The highest BCUT2D eigenvalue weighted by Crippen LogP contribution is 2.30. The van der Waals surface area contributed by atoms with Crippen LogP contribution in [0.25, 0.3) is 22.2 Å². The van der Waals surface area contributed by atoms with E-state index >= 15 is 0 Å². The fourth-order valence-corrected chi connectivity index (χ4v) is 3.88. The number of nitrogens with one attached hydrogen (secondary N) is 2. The van der Waals surface area contributed by atoms with E-state index < -0.39 is 9.84 Å². The molecule has 4 aromatic rings. The van der Waals surface area contributed by atoms with Crippen molar-refractivity contribution in [3.8, 4) is 11.3 Å². The van der Waals surface area contributed by atoms with Crippen molar-refractivity contribution in [3.05, 3.63) is 53.7 Å². The Hall–Kier alpha value is -3.46. The number of aromatic amines is 1. The average molecular weight is 408 g/mol. The smallest absolute Gasteiger partial charge is 0.229 e. The molecule has 0 saturated heterocycles. The fourth-order valence-electron chi connectivity index (χ4n) is 3.14. The summed E-state index contributed by atoms with van der Waals surface area (Å²) in [4.78, 5) is 8.88. The van der Waals surface area contributed by atoms with Crippen LogP contribution in [-0.2, 0) is 9.84 Å². The van der Waals surface area contributed by atoms with Crippen molar-refractivity contribution in [2.24, 2.45) is 0 Å². The van der Waals surface area contributed by atoms with Gasteiger partial charge in [0.15, 0.2) is 9.84 Å². The molecule has 9 heteroatoms. The number of fused-ring (bicyclic) bond motifs is 1. The standard InChI is InChI=1S/C20H20N6O2S/c1-11-4-5-15-17(8-11)25-26-18(15)16-10-22-20(24-19(16)21)23-13-6-12(2)7-14(9-13)29(3,27)28/h4-10H,1-3H3,(H,25,26)(H3,21,22,23,24).